The van der Waals surface area contributed by atoms with Gasteiger partial charge in [0, 0.05) is 28.3 Å². The Morgan fingerprint density at radius 3 is 2.40 bits per heavy atom. The van der Waals surface area contributed by atoms with Gasteiger partial charge in [0.1, 0.15) is 0 Å². The van der Waals surface area contributed by atoms with Crippen molar-refractivity contribution in [1.29, 1.82) is 0 Å². The molecule has 4 heteroatoms. The lowest BCUT2D eigenvalue weighted by atomic mass is 10.1. The van der Waals surface area contributed by atoms with Gasteiger partial charge in [-0.05, 0) is 48.7 Å². The van der Waals surface area contributed by atoms with Crippen molar-refractivity contribution in [2.45, 2.75) is 19.4 Å². The maximum atomic E-state index is 6.14. The zero-order chi connectivity index (χ0) is 14.5. The molecule has 2 aromatic carbocycles. The van der Waals surface area contributed by atoms with Gasteiger partial charge in [0.15, 0.2) is 0 Å². The predicted octanol–water partition coefficient (Wildman–Crippen LogP) is 4.67. The van der Waals surface area contributed by atoms with E-state index in [1.165, 1.54) is 0 Å². The third kappa shape index (κ3) is 4.14. The molecule has 0 fully saturated rings. The molecule has 2 aromatic rings. The van der Waals surface area contributed by atoms with Gasteiger partial charge in [-0.15, -0.1) is 0 Å². The second kappa shape index (κ2) is 6.98. The molecule has 0 saturated carbocycles. The minimum absolute atomic E-state index is 0.0666. The third-order valence-electron chi connectivity index (χ3n) is 3.18. The van der Waals surface area contributed by atoms with Crippen molar-refractivity contribution in [2.24, 2.45) is 5.73 Å². The average Bonchev–Trinajstić information content (AvgIpc) is 2.42. The molecule has 0 bridgehead atoms. The zero-order valence-corrected chi connectivity index (χ0v) is 12.9. The van der Waals surface area contributed by atoms with Crippen LogP contribution in [0.3, 0.4) is 0 Å². The first-order chi connectivity index (χ1) is 9.56. The normalized spacial score (nSPS) is 12.2. The van der Waals surface area contributed by atoms with Gasteiger partial charge < -0.3 is 11.1 Å². The van der Waals surface area contributed by atoms with Crippen molar-refractivity contribution >= 4 is 28.9 Å². The smallest absolute Gasteiger partial charge is 0.0453 e. The maximum Gasteiger partial charge on any atom is 0.0453 e. The van der Waals surface area contributed by atoms with Crippen LogP contribution in [0.5, 0.6) is 0 Å². The van der Waals surface area contributed by atoms with Crippen LogP contribution in [0.15, 0.2) is 42.5 Å². The highest BCUT2D eigenvalue weighted by molar-refractivity contribution is 6.35. The van der Waals surface area contributed by atoms with Gasteiger partial charge >= 0.3 is 0 Å². The average molecular weight is 309 g/mol. The summed E-state index contributed by atoms with van der Waals surface area (Å²) in [7, 11) is 0. The van der Waals surface area contributed by atoms with Gasteiger partial charge in [0.05, 0.1) is 0 Å². The summed E-state index contributed by atoms with van der Waals surface area (Å²) in [6.07, 6.45) is 0.852. The molecular formula is C16H18Cl2N2. The Labute approximate surface area is 129 Å². The summed E-state index contributed by atoms with van der Waals surface area (Å²) >= 11 is 12.0. The van der Waals surface area contributed by atoms with E-state index in [-0.39, 0.29) is 6.04 Å². The van der Waals surface area contributed by atoms with Crippen LogP contribution in [-0.2, 0) is 6.42 Å². The van der Waals surface area contributed by atoms with Crippen molar-refractivity contribution in [2.75, 3.05) is 11.9 Å². The van der Waals surface area contributed by atoms with Crippen molar-refractivity contribution < 1.29 is 0 Å². The van der Waals surface area contributed by atoms with Crippen LogP contribution in [0.1, 0.15) is 24.1 Å². The summed E-state index contributed by atoms with van der Waals surface area (Å²) in [5.41, 5.74) is 9.13. The summed E-state index contributed by atoms with van der Waals surface area (Å²) < 4.78 is 0. The quantitative estimate of drug-likeness (QED) is 0.842. The number of nitrogens with one attached hydrogen (secondary N) is 1. The molecule has 20 heavy (non-hydrogen) atoms. The SMILES string of the molecule is CC(N)c1ccc(NCCc2ccc(Cl)cc2Cl)cc1. The largest absolute Gasteiger partial charge is 0.385 e. The molecule has 0 aromatic heterocycles. The van der Waals surface area contributed by atoms with E-state index in [1.807, 2.05) is 43.3 Å². The van der Waals surface area contributed by atoms with Gasteiger partial charge in [-0.1, -0.05) is 41.4 Å². The Kier molecular flexibility index (Phi) is 5.30. The van der Waals surface area contributed by atoms with Crippen LogP contribution in [0.25, 0.3) is 0 Å². The van der Waals surface area contributed by atoms with E-state index in [0.29, 0.717) is 10.0 Å². The van der Waals surface area contributed by atoms with Gasteiger partial charge in [0.2, 0.25) is 0 Å². The lowest BCUT2D eigenvalue weighted by molar-refractivity contribution is 0.818. The molecule has 1 atom stereocenters. The third-order valence-corrected chi connectivity index (χ3v) is 3.76. The summed E-state index contributed by atoms with van der Waals surface area (Å²) in [6, 6.07) is 13.8. The van der Waals surface area contributed by atoms with Crippen molar-refractivity contribution in [1.82, 2.24) is 0 Å². The number of halogens is 2. The number of hydrogen-bond acceptors (Lipinski definition) is 2. The fourth-order valence-electron chi connectivity index (χ4n) is 1.97. The Hall–Kier alpha value is -1.22. The number of anilines is 1. The van der Waals surface area contributed by atoms with E-state index in [4.69, 9.17) is 28.9 Å². The molecule has 0 aliphatic rings. The molecule has 0 amide bonds. The van der Waals surface area contributed by atoms with E-state index < -0.39 is 0 Å². The molecule has 1 unspecified atom stereocenters. The van der Waals surface area contributed by atoms with Crippen LogP contribution in [0, 0.1) is 0 Å². The van der Waals surface area contributed by atoms with E-state index in [0.717, 1.165) is 29.8 Å². The summed E-state index contributed by atoms with van der Waals surface area (Å²) in [5, 5.41) is 4.75. The minimum Gasteiger partial charge on any atom is -0.385 e. The number of nitrogens with two attached hydrogens (primary N) is 1. The molecule has 3 N–H and O–H groups in total. The van der Waals surface area contributed by atoms with Crippen LogP contribution < -0.4 is 11.1 Å². The number of hydrogen-bond donors (Lipinski definition) is 2. The van der Waals surface area contributed by atoms with Gasteiger partial charge in [-0.25, -0.2) is 0 Å². The van der Waals surface area contributed by atoms with Gasteiger partial charge in [0.25, 0.3) is 0 Å². The lowest BCUT2D eigenvalue weighted by Crippen LogP contribution is -2.07. The van der Waals surface area contributed by atoms with Crippen LogP contribution in [0.4, 0.5) is 5.69 Å². The van der Waals surface area contributed by atoms with E-state index in [1.54, 1.807) is 6.07 Å². The molecule has 0 aliphatic heterocycles. The van der Waals surface area contributed by atoms with Crippen LogP contribution in [-0.4, -0.2) is 6.54 Å². The van der Waals surface area contributed by atoms with Crippen LogP contribution >= 0.6 is 23.2 Å². The highest BCUT2D eigenvalue weighted by Crippen LogP contribution is 2.21. The molecule has 106 valence electrons. The van der Waals surface area contributed by atoms with Crippen molar-refractivity contribution in [3.05, 3.63) is 63.6 Å². The Morgan fingerprint density at radius 1 is 1.10 bits per heavy atom. The maximum absolute atomic E-state index is 6.14. The first-order valence-corrected chi connectivity index (χ1v) is 7.35. The second-order valence-corrected chi connectivity index (χ2v) is 5.67. The van der Waals surface area contributed by atoms with E-state index >= 15 is 0 Å². The monoisotopic (exact) mass is 308 g/mol. The first-order valence-electron chi connectivity index (χ1n) is 6.59. The molecule has 0 aliphatic carbocycles. The van der Waals surface area contributed by atoms with E-state index in [9.17, 15) is 0 Å². The molecule has 0 heterocycles. The highest BCUT2D eigenvalue weighted by Gasteiger charge is 2.02. The van der Waals surface area contributed by atoms with Gasteiger partial charge in [-0.3, -0.25) is 0 Å². The van der Waals surface area contributed by atoms with Crippen LogP contribution in [0.2, 0.25) is 10.0 Å². The molecule has 0 spiro atoms. The summed E-state index contributed by atoms with van der Waals surface area (Å²) in [6.45, 7) is 2.80. The predicted molar refractivity (Wildman–Crippen MR) is 87.7 cm³/mol. The molecule has 2 nitrogen and oxygen atoms in total. The lowest BCUT2D eigenvalue weighted by Gasteiger charge is -2.10. The highest BCUT2D eigenvalue weighted by atomic mass is 35.5. The second-order valence-electron chi connectivity index (χ2n) is 4.82. The van der Waals surface area contributed by atoms with E-state index in [2.05, 4.69) is 5.32 Å². The topological polar surface area (TPSA) is 38.0 Å². The standard InChI is InChI=1S/C16H18Cl2N2/c1-11(19)12-3-6-15(7-4-12)20-9-8-13-2-5-14(17)10-16(13)18/h2-7,10-11,20H,8-9,19H2,1H3. The van der Waals surface area contributed by atoms with Gasteiger partial charge in [-0.2, -0.15) is 0 Å². The summed E-state index contributed by atoms with van der Waals surface area (Å²) in [5.74, 6) is 0. The van der Waals surface area contributed by atoms with Crippen molar-refractivity contribution in [3.63, 3.8) is 0 Å². The Morgan fingerprint density at radius 2 is 1.80 bits per heavy atom. The number of benzene rings is 2. The Balaban J connectivity index is 1.89. The Bertz CT molecular complexity index is 565. The molecule has 0 radical (unpaired) electrons. The molecule has 0 saturated heterocycles. The fraction of sp³-hybridized carbons (Fsp3) is 0.250. The molecular weight excluding hydrogens is 291 g/mol. The zero-order valence-electron chi connectivity index (χ0n) is 11.4. The summed E-state index contributed by atoms with van der Waals surface area (Å²) in [4.78, 5) is 0. The number of rotatable bonds is 5. The fourth-order valence-corrected chi connectivity index (χ4v) is 2.47. The minimum atomic E-state index is 0.0666. The molecule has 2 rings (SSSR count). The first kappa shape index (κ1) is 15.2. The van der Waals surface area contributed by atoms with Crippen molar-refractivity contribution in [3.8, 4) is 0 Å².